The number of hydrogen-bond acceptors (Lipinski definition) is 3. The molecule has 0 aliphatic rings. The molecule has 0 aliphatic heterocycles. The van der Waals surface area contributed by atoms with Crippen LogP contribution in [0.25, 0.3) is 0 Å². The number of amides is 1. The summed E-state index contributed by atoms with van der Waals surface area (Å²) in [5, 5.41) is 3.03. The van der Waals surface area contributed by atoms with E-state index in [2.05, 4.69) is 24.4 Å². The van der Waals surface area contributed by atoms with Crippen LogP contribution < -0.4 is 14.8 Å². The molecule has 4 heteroatoms. The maximum absolute atomic E-state index is 12.5. The zero-order chi connectivity index (χ0) is 18.1. The molecule has 1 N–H and O–H groups in total. The summed E-state index contributed by atoms with van der Waals surface area (Å²) in [5.74, 6) is 1.47. The van der Waals surface area contributed by atoms with Gasteiger partial charge in [0.15, 0.2) is 11.5 Å². The van der Waals surface area contributed by atoms with Gasteiger partial charge in [0.05, 0.1) is 13.2 Å². The van der Waals surface area contributed by atoms with Crippen LogP contribution in [0.2, 0.25) is 0 Å². The second-order valence-electron chi connectivity index (χ2n) is 5.75. The Balaban J connectivity index is 2.05. The molecule has 0 fully saturated rings. The highest BCUT2D eigenvalue weighted by atomic mass is 16.5. The van der Waals surface area contributed by atoms with Gasteiger partial charge in [-0.1, -0.05) is 37.3 Å². The Bertz CT molecular complexity index is 670. The van der Waals surface area contributed by atoms with Gasteiger partial charge in [0.1, 0.15) is 0 Å². The molecular weight excluding hydrogens is 314 g/mol. The van der Waals surface area contributed by atoms with E-state index in [0.717, 1.165) is 6.42 Å². The molecule has 2 rings (SSSR count). The first-order valence-electron chi connectivity index (χ1n) is 8.92. The molecule has 2 aromatic carbocycles. The van der Waals surface area contributed by atoms with Gasteiger partial charge >= 0.3 is 0 Å². The van der Waals surface area contributed by atoms with Gasteiger partial charge in [0, 0.05) is 18.0 Å². The van der Waals surface area contributed by atoms with Crippen LogP contribution in [0, 0.1) is 0 Å². The summed E-state index contributed by atoms with van der Waals surface area (Å²) in [4.78, 5) is 12.5. The van der Waals surface area contributed by atoms with Crippen LogP contribution in [0.5, 0.6) is 11.5 Å². The van der Waals surface area contributed by atoms with Gasteiger partial charge in [-0.05, 0) is 44.0 Å². The lowest BCUT2D eigenvalue weighted by atomic mass is 9.96. The fourth-order valence-electron chi connectivity index (χ4n) is 2.73. The van der Waals surface area contributed by atoms with Crippen molar-refractivity contribution in [1.29, 1.82) is 0 Å². The highest BCUT2D eigenvalue weighted by Gasteiger charge is 2.14. The van der Waals surface area contributed by atoms with E-state index >= 15 is 0 Å². The third-order valence-corrected chi connectivity index (χ3v) is 4.08. The van der Waals surface area contributed by atoms with Crippen LogP contribution >= 0.6 is 0 Å². The molecule has 0 saturated heterocycles. The molecular formula is C21H27NO3. The SMILES string of the molecule is CCOc1ccc(C(=O)NCC(CC)c2ccccc2)cc1OCC. The third-order valence-electron chi connectivity index (χ3n) is 4.08. The highest BCUT2D eigenvalue weighted by Crippen LogP contribution is 2.28. The van der Waals surface area contributed by atoms with Crippen molar-refractivity contribution in [2.75, 3.05) is 19.8 Å². The minimum atomic E-state index is -0.0987. The van der Waals surface area contributed by atoms with Crippen LogP contribution in [0.3, 0.4) is 0 Å². The van der Waals surface area contributed by atoms with Crippen molar-refractivity contribution in [2.45, 2.75) is 33.1 Å². The number of carbonyl (C=O) groups excluding carboxylic acids is 1. The Morgan fingerprint density at radius 2 is 1.64 bits per heavy atom. The smallest absolute Gasteiger partial charge is 0.251 e. The molecule has 0 heterocycles. The lowest BCUT2D eigenvalue weighted by Crippen LogP contribution is -2.28. The van der Waals surface area contributed by atoms with E-state index in [9.17, 15) is 4.79 Å². The van der Waals surface area contributed by atoms with Gasteiger partial charge in [0.2, 0.25) is 0 Å². The summed E-state index contributed by atoms with van der Waals surface area (Å²) in [7, 11) is 0. The summed E-state index contributed by atoms with van der Waals surface area (Å²) >= 11 is 0. The van der Waals surface area contributed by atoms with Gasteiger partial charge in [-0.3, -0.25) is 4.79 Å². The van der Waals surface area contributed by atoms with Crippen LogP contribution in [0.15, 0.2) is 48.5 Å². The molecule has 2 aromatic rings. The minimum absolute atomic E-state index is 0.0987. The second-order valence-corrected chi connectivity index (χ2v) is 5.75. The highest BCUT2D eigenvalue weighted by molar-refractivity contribution is 5.94. The lowest BCUT2D eigenvalue weighted by molar-refractivity contribution is 0.0950. The Labute approximate surface area is 150 Å². The first-order valence-corrected chi connectivity index (χ1v) is 8.92. The molecule has 0 spiro atoms. The van der Waals surface area contributed by atoms with Crippen LogP contribution in [-0.2, 0) is 0 Å². The maximum Gasteiger partial charge on any atom is 0.251 e. The van der Waals surface area contributed by atoms with E-state index in [-0.39, 0.29) is 5.91 Å². The zero-order valence-electron chi connectivity index (χ0n) is 15.2. The molecule has 1 atom stereocenters. The van der Waals surface area contributed by atoms with Crippen LogP contribution in [-0.4, -0.2) is 25.7 Å². The first-order chi connectivity index (χ1) is 12.2. The van der Waals surface area contributed by atoms with E-state index in [1.54, 1.807) is 18.2 Å². The first kappa shape index (κ1) is 18.8. The summed E-state index contributed by atoms with van der Waals surface area (Å²) in [6, 6.07) is 15.6. The Morgan fingerprint density at radius 1 is 0.960 bits per heavy atom. The van der Waals surface area contributed by atoms with Crippen molar-refractivity contribution in [3.8, 4) is 11.5 Å². The maximum atomic E-state index is 12.5. The molecule has 1 amide bonds. The molecule has 25 heavy (non-hydrogen) atoms. The molecule has 134 valence electrons. The Morgan fingerprint density at radius 3 is 2.28 bits per heavy atom. The Hall–Kier alpha value is -2.49. The monoisotopic (exact) mass is 341 g/mol. The fourth-order valence-corrected chi connectivity index (χ4v) is 2.73. The molecule has 0 bridgehead atoms. The van der Waals surface area contributed by atoms with Gasteiger partial charge in [-0.15, -0.1) is 0 Å². The van der Waals surface area contributed by atoms with E-state index < -0.39 is 0 Å². The van der Waals surface area contributed by atoms with Crippen molar-refractivity contribution in [3.05, 3.63) is 59.7 Å². The number of rotatable bonds is 9. The largest absolute Gasteiger partial charge is 0.490 e. The third kappa shape index (κ3) is 5.24. The van der Waals surface area contributed by atoms with Crippen molar-refractivity contribution in [2.24, 2.45) is 0 Å². The van der Waals surface area contributed by atoms with Gasteiger partial charge in [-0.25, -0.2) is 0 Å². The quantitative estimate of drug-likeness (QED) is 0.735. The molecule has 0 aliphatic carbocycles. The fraction of sp³-hybridized carbons (Fsp3) is 0.381. The van der Waals surface area contributed by atoms with Crippen LogP contribution in [0.4, 0.5) is 0 Å². The number of benzene rings is 2. The minimum Gasteiger partial charge on any atom is -0.490 e. The second kappa shape index (κ2) is 9.72. The predicted octanol–water partition coefficient (Wildman–Crippen LogP) is 4.41. The molecule has 0 radical (unpaired) electrons. The van der Waals surface area contributed by atoms with E-state index in [1.807, 2.05) is 32.0 Å². The average Bonchev–Trinajstić information content (AvgIpc) is 2.64. The van der Waals surface area contributed by atoms with Gasteiger partial charge in [0.25, 0.3) is 5.91 Å². The lowest BCUT2D eigenvalue weighted by Gasteiger charge is -2.17. The molecule has 1 unspecified atom stereocenters. The van der Waals surface area contributed by atoms with Gasteiger partial charge < -0.3 is 14.8 Å². The van der Waals surface area contributed by atoms with E-state index in [4.69, 9.17) is 9.47 Å². The van der Waals surface area contributed by atoms with Crippen molar-refractivity contribution in [1.82, 2.24) is 5.32 Å². The standard InChI is InChI=1S/C21H27NO3/c1-4-16(17-10-8-7-9-11-17)15-22-21(23)18-12-13-19(24-5-2)20(14-18)25-6-3/h7-14,16H,4-6,15H2,1-3H3,(H,22,23). The summed E-state index contributed by atoms with van der Waals surface area (Å²) in [6.07, 6.45) is 0.970. The normalized spacial score (nSPS) is 11.6. The number of carbonyl (C=O) groups is 1. The number of ether oxygens (including phenoxy) is 2. The average molecular weight is 341 g/mol. The van der Waals surface area contributed by atoms with Crippen molar-refractivity contribution < 1.29 is 14.3 Å². The summed E-state index contributed by atoms with van der Waals surface area (Å²) in [5.41, 5.74) is 1.82. The predicted molar refractivity (Wildman–Crippen MR) is 101 cm³/mol. The van der Waals surface area contributed by atoms with Crippen molar-refractivity contribution >= 4 is 5.91 Å². The van der Waals surface area contributed by atoms with Crippen LogP contribution in [0.1, 0.15) is 49.0 Å². The molecule has 4 nitrogen and oxygen atoms in total. The number of hydrogen-bond donors (Lipinski definition) is 1. The van der Waals surface area contributed by atoms with E-state index in [0.29, 0.717) is 42.7 Å². The Kier molecular flexibility index (Phi) is 7.33. The van der Waals surface area contributed by atoms with E-state index in [1.165, 1.54) is 5.56 Å². The van der Waals surface area contributed by atoms with Gasteiger partial charge in [-0.2, -0.15) is 0 Å². The zero-order valence-corrected chi connectivity index (χ0v) is 15.2. The molecule has 0 aromatic heterocycles. The summed E-state index contributed by atoms with van der Waals surface area (Å²) in [6.45, 7) is 7.65. The number of nitrogens with one attached hydrogen (secondary N) is 1. The van der Waals surface area contributed by atoms with Crippen molar-refractivity contribution in [3.63, 3.8) is 0 Å². The molecule has 0 saturated carbocycles. The topological polar surface area (TPSA) is 47.6 Å². The summed E-state index contributed by atoms with van der Waals surface area (Å²) < 4.78 is 11.1.